The molecule has 0 bridgehead atoms. The number of nitrogens with zero attached hydrogens (tertiary/aromatic N) is 4. The molecule has 0 aliphatic carbocycles. The molecule has 4 nitrogen and oxygen atoms in total. The van der Waals surface area contributed by atoms with Gasteiger partial charge in [-0.3, -0.25) is 9.98 Å². The highest BCUT2D eigenvalue weighted by Crippen LogP contribution is 2.24. The Labute approximate surface area is 212 Å². The van der Waals surface area contributed by atoms with Gasteiger partial charge in [0, 0.05) is 29.7 Å². The molecule has 0 amide bonds. The fourth-order valence-corrected chi connectivity index (χ4v) is 4.53. The Morgan fingerprint density at radius 3 is 1.50 bits per heavy atom. The summed E-state index contributed by atoms with van der Waals surface area (Å²) in [6.45, 7) is 36.5. The Bertz CT molecular complexity index is 933. The number of piperidine rings is 1. The van der Waals surface area contributed by atoms with Crippen molar-refractivity contribution in [2.75, 3.05) is 6.54 Å². The molecule has 0 unspecified atom stereocenters. The summed E-state index contributed by atoms with van der Waals surface area (Å²) in [6, 6.07) is 0. The van der Waals surface area contributed by atoms with Crippen LogP contribution in [0.3, 0.4) is 0 Å². The van der Waals surface area contributed by atoms with Crippen molar-refractivity contribution in [1.29, 1.82) is 0 Å². The molecule has 1 aliphatic heterocycles. The van der Waals surface area contributed by atoms with E-state index in [2.05, 4.69) is 120 Å². The van der Waals surface area contributed by atoms with Gasteiger partial charge in [0.05, 0.1) is 16.9 Å². The molecule has 1 aromatic heterocycles. The van der Waals surface area contributed by atoms with Crippen LogP contribution in [-0.4, -0.2) is 38.5 Å². The third-order valence-corrected chi connectivity index (χ3v) is 6.28. The SMILES string of the molecule is CC(C)(C)N=C1CCCCN1C(C)(C)C.Cc1c(C)c(C)n(C(C)(C)C)c(=NC(C)(C)C)c1C. The Hall–Kier alpha value is -1.58. The highest BCUT2D eigenvalue weighted by atomic mass is 15.2. The fourth-order valence-electron chi connectivity index (χ4n) is 4.53. The van der Waals surface area contributed by atoms with Crippen molar-refractivity contribution >= 4 is 5.84 Å². The van der Waals surface area contributed by atoms with Gasteiger partial charge in [-0.2, -0.15) is 0 Å². The zero-order valence-electron chi connectivity index (χ0n) is 25.6. The van der Waals surface area contributed by atoms with E-state index in [1.807, 2.05) is 0 Å². The number of hydrogen-bond acceptors (Lipinski definition) is 2. The molecule has 4 heteroatoms. The maximum atomic E-state index is 4.98. The third-order valence-electron chi connectivity index (χ3n) is 6.28. The summed E-state index contributed by atoms with van der Waals surface area (Å²) in [5, 5.41) is 0. The van der Waals surface area contributed by atoms with Crippen LogP contribution in [0, 0.1) is 27.7 Å². The van der Waals surface area contributed by atoms with Crippen molar-refractivity contribution in [3.8, 4) is 0 Å². The predicted octanol–water partition coefficient (Wildman–Crippen LogP) is 7.64. The summed E-state index contributed by atoms with van der Waals surface area (Å²) >= 11 is 0. The molecule has 1 fully saturated rings. The van der Waals surface area contributed by atoms with Crippen LogP contribution in [0.15, 0.2) is 9.98 Å². The van der Waals surface area contributed by atoms with E-state index < -0.39 is 0 Å². The summed E-state index contributed by atoms with van der Waals surface area (Å²) in [6.07, 6.45) is 3.75. The first kappa shape index (κ1) is 30.5. The van der Waals surface area contributed by atoms with Crippen molar-refractivity contribution in [2.24, 2.45) is 9.98 Å². The van der Waals surface area contributed by atoms with Crippen molar-refractivity contribution in [1.82, 2.24) is 9.47 Å². The summed E-state index contributed by atoms with van der Waals surface area (Å²) in [4.78, 5) is 12.3. The third kappa shape index (κ3) is 8.57. The van der Waals surface area contributed by atoms with Gasteiger partial charge in [-0.05, 0) is 140 Å². The Morgan fingerprint density at radius 2 is 1.09 bits per heavy atom. The van der Waals surface area contributed by atoms with Gasteiger partial charge in [0.2, 0.25) is 0 Å². The van der Waals surface area contributed by atoms with Gasteiger partial charge in [0.15, 0.2) is 0 Å². The lowest BCUT2D eigenvalue weighted by Gasteiger charge is -2.42. The first-order chi connectivity index (χ1) is 15.1. The van der Waals surface area contributed by atoms with Gasteiger partial charge in [-0.1, -0.05) is 0 Å². The van der Waals surface area contributed by atoms with Crippen LogP contribution in [0.4, 0.5) is 0 Å². The normalized spacial score (nSPS) is 17.7. The molecule has 196 valence electrons. The highest BCUT2D eigenvalue weighted by Gasteiger charge is 2.28. The molecular formula is C30H56N4. The maximum absolute atomic E-state index is 4.98. The second-order valence-corrected chi connectivity index (χ2v) is 14.1. The Balaban J connectivity index is 0.000000350. The van der Waals surface area contributed by atoms with Gasteiger partial charge >= 0.3 is 0 Å². The minimum absolute atomic E-state index is 0.0391. The lowest BCUT2D eigenvalue weighted by atomic mass is 9.99. The second-order valence-electron chi connectivity index (χ2n) is 14.1. The molecule has 0 N–H and O–H groups in total. The number of rotatable bonds is 0. The summed E-state index contributed by atoms with van der Waals surface area (Å²) < 4.78 is 2.38. The predicted molar refractivity (Wildman–Crippen MR) is 151 cm³/mol. The zero-order chi connectivity index (χ0) is 26.9. The van der Waals surface area contributed by atoms with Crippen LogP contribution in [0.25, 0.3) is 0 Å². The fraction of sp³-hybridized carbons (Fsp3) is 0.800. The van der Waals surface area contributed by atoms with Crippen molar-refractivity contribution in [3.05, 3.63) is 27.9 Å². The molecule has 2 heterocycles. The molecule has 0 spiro atoms. The van der Waals surface area contributed by atoms with Crippen molar-refractivity contribution in [3.63, 3.8) is 0 Å². The minimum Gasteiger partial charge on any atom is -0.356 e. The molecule has 0 atom stereocenters. The quantitative estimate of drug-likeness (QED) is 0.382. The topological polar surface area (TPSA) is 32.9 Å². The number of likely N-dealkylation sites (tertiary alicyclic amines) is 1. The summed E-state index contributed by atoms with van der Waals surface area (Å²) in [5.74, 6) is 1.31. The number of aromatic nitrogens is 1. The van der Waals surface area contributed by atoms with E-state index in [-0.39, 0.29) is 22.2 Å². The molecule has 1 saturated heterocycles. The monoisotopic (exact) mass is 472 g/mol. The lowest BCUT2D eigenvalue weighted by molar-refractivity contribution is 0.212. The molecule has 2 rings (SSSR count). The summed E-state index contributed by atoms with van der Waals surface area (Å²) in [5.41, 5.74) is 6.72. The van der Waals surface area contributed by atoms with E-state index in [1.54, 1.807) is 0 Å². The van der Waals surface area contributed by atoms with E-state index in [9.17, 15) is 0 Å². The van der Waals surface area contributed by atoms with Crippen LogP contribution in [-0.2, 0) is 5.54 Å². The molecule has 0 saturated carbocycles. The van der Waals surface area contributed by atoms with E-state index in [0.717, 1.165) is 11.9 Å². The van der Waals surface area contributed by atoms with Crippen LogP contribution in [0.2, 0.25) is 0 Å². The highest BCUT2D eigenvalue weighted by molar-refractivity contribution is 5.84. The average Bonchev–Trinajstić information content (AvgIpc) is 2.61. The van der Waals surface area contributed by atoms with E-state index in [0.29, 0.717) is 0 Å². The first-order valence-electron chi connectivity index (χ1n) is 13.2. The van der Waals surface area contributed by atoms with Crippen LogP contribution in [0.5, 0.6) is 0 Å². The zero-order valence-corrected chi connectivity index (χ0v) is 25.6. The van der Waals surface area contributed by atoms with E-state index >= 15 is 0 Å². The Kier molecular flexibility index (Phi) is 9.48. The van der Waals surface area contributed by atoms with Gasteiger partial charge in [-0.25, -0.2) is 0 Å². The standard InChI is InChI=1S/C17H30N2.C13H26N2/c1-11-12(2)14(4)19(17(8,9)10)15(13(11)3)18-16(5,6)7;1-12(2,3)14-11-9-7-8-10-15(11)13(4,5)6/h1-10H3;7-10H2,1-6H3. The number of amidine groups is 1. The van der Waals surface area contributed by atoms with Crippen LogP contribution < -0.4 is 5.49 Å². The number of hydrogen-bond donors (Lipinski definition) is 0. The first-order valence-corrected chi connectivity index (χ1v) is 13.2. The lowest BCUT2D eigenvalue weighted by Crippen LogP contribution is -2.48. The average molecular weight is 473 g/mol. The second kappa shape index (κ2) is 10.6. The van der Waals surface area contributed by atoms with Gasteiger partial charge in [-0.15, -0.1) is 0 Å². The van der Waals surface area contributed by atoms with E-state index in [1.165, 1.54) is 47.6 Å². The van der Waals surface area contributed by atoms with Gasteiger partial charge in [0.1, 0.15) is 5.49 Å². The minimum atomic E-state index is -0.0636. The molecule has 0 radical (unpaired) electrons. The number of aliphatic imine (C=N–C) groups is 1. The smallest absolute Gasteiger partial charge is 0.131 e. The molecule has 34 heavy (non-hydrogen) atoms. The van der Waals surface area contributed by atoms with Crippen molar-refractivity contribution in [2.45, 2.75) is 152 Å². The van der Waals surface area contributed by atoms with Crippen molar-refractivity contribution < 1.29 is 0 Å². The molecular weight excluding hydrogens is 416 g/mol. The molecule has 1 aromatic rings. The van der Waals surface area contributed by atoms with Crippen LogP contribution in [0.1, 0.15) is 125 Å². The number of pyridine rings is 1. The maximum Gasteiger partial charge on any atom is 0.131 e. The van der Waals surface area contributed by atoms with Gasteiger partial charge < -0.3 is 9.47 Å². The van der Waals surface area contributed by atoms with Crippen LogP contribution >= 0.6 is 0 Å². The van der Waals surface area contributed by atoms with Gasteiger partial charge in [0.25, 0.3) is 0 Å². The Morgan fingerprint density at radius 1 is 0.588 bits per heavy atom. The van der Waals surface area contributed by atoms with E-state index in [4.69, 9.17) is 9.98 Å². The summed E-state index contributed by atoms with van der Waals surface area (Å²) in [7, 11) is 0. The largest absolute Gasteiger partial charge is 0.356 e. The molecule has 0 aromatic carbocycles. The molecule has 1 aliphatic rings.